The quantitative estimate of drug-likeness (QED) is 0.696. The van der Waals surface area contributed by atoms with Gasteiger partial charge in [0.1, 0.15) is 11.3 Å². The molecule has 1 aromatic heterocycles. The van der Waals surface area contributed by atoms with Gasteiger partial charge in [-0.25, -0.2) is 0 Å². The Morgan fingerprint density at radius 2 is 2.04 bits per heavy atom. The Morgan fingerprint density at radius 1 is 1.15 bits per heavy atom. The Balaban J connectivity index is 1.62. The van der Waals surface area contributed by atoms with E-state index in [0.29, 0.717) is 36.4 Å². The Hall–Kier alpha value is -3.08. The Labute approximate surface area is 150 Å². The van der Waals surface area contributed by atoms with Crippen LogP contribution in [0.3, 0.4) is 0 Å². The predicted molar refractivity (Wildman–Crippen MR) is 98.8 cm³/mol. The summed E-state index contributed by atoms with van der Waals surface area (Å²) in [5.41, 5.74) is 2.94. The first kappa shape index (κ1) is 16.4. The normalized spacial score (nSPS) is 13.3. The van der Waals surface area contributed by atoms with Crippen LogP contribution in [0.5, 0.6) is 5.75 Å². The molecule has 5 heteroatoms. The zero-order chi connectivity index (χ0) is 18.1. The predicted octanol–water partition coefficient (Wildman–Crippen LogP) is 4.34. The number of furan rings is 1. The molecule has 0 aliphatic carbocycles. The van der Waals surface area contributed by atoms with Crippen LogP contribution in [0, 0.1) is 0 Å². The van der Waals surface area contributed by atoms with Gasteiger partial charge in [-0.15, -0.1) is 0 Å². The van der Waals surface area contributed by atoms with E-state index in [0.717, 1.165) is 28.8 Å². The van der Waals surface area contributed by atoms with Crippen molar-refractivity contribution in [2.75, 3.05) is 11.9 Å². The molecule has 0 saturated heterocycles. The molecule has 1 aliphatic heterocycles. The van der Waals surface area contributed by atoms with E-state index in [-0.39, 0.29) is 11.7 Å². The van der Waals surface area contributed by atoms with Crippen LogP contribution in [0.4, 0.5) is 5.69 Å². The molecule has 0 spiro atoms. The zero-order valence-corrected chi connectivity index (χ0v) is 14.5. The number of aryl methyl sites for hydroxylation is 1. The van der Waals surface area contributed by atoms with E-state index < -0.39 is 0 Å². The molecule has 0 atom stereocenters. The summed E-state index contributed by atoms with van der Waals surface area (Å²) in [6.07, 6.45) is 2.01. The second-order valence-electron chi connectivity index (χ2n) is 6.41. The molecule has 0 radical (unpaired) electrons. The van der Waals surface area contributed by atoms with Crippen LogP contribution >= 0.6 is 0 Å². The van der Waals surface area contributed by atoms with E-state index in [2.05, 4.69) is 5.32 Å². The summed E-state index contributed by atoms with van der Waals surface area (Å²) in [5.74, 6) is 0.872. The summed E-state index contributed by atoms with van der Waals surface area (Å²) in [7, 11) is 0. The zero-order valence-electron chi connectivity index (χ0n) is 14.5. The lowest BCUT2D eigenvalue weighted by Gasteiger charge is -2.17. The minimum absolute atomic E-state index is 0.00922. The van der Waals surface area contributed by atoms with Crippen molar-refractivity contribution in [1.82, 2.24) is 0 Å². The second kappa shape index (κ2) is 6.67. The molecule has 0 unspecified atom stereocenters. The molecule has 132 valence electrons. The number of amides is 1. The Bertz CT molecular complexity index is 1000. The van der Waals surface area contributed by atoms with E-state index in [1.807, 2.05) is 31.2 Å². The standard InChI is InChI=1S/C21H19NO4/c1-2-9-25-16-6-3-14-11-19(26-18(14)12-16)21(24)15-4-7-17-13(10-15)5-8-20(23)22-17/h3-4,6-7,10-12H,2,5,8-9H2,1H3,(H,22,23). The average molecular weight is 349 g/mol. The average Bonchev–Trinajstić information content (AvgIpc) is 3.08. The molecule has 1 amide bonds. The topological polar surface area (TPSA) is 68.5 Å². The van der Waals surface area contributed by atoms with E-state index in [4.69, 9.17) is 9.15 Å². The fourth-order valence-corrected chi connectivity index (χ4v) is 3.10. The maximum Gasteiger partial charge on any atom is 0.228 e. The fourth-order valence-electron chi connectivity index (χ4n) is 3.10. The number of anilines is 1. The summed E-state index contributed by atoms with van der Waals surface area (Å²) >= 11 is 0. The number of benzene rings is 2. The summed E-state index contributed by atoms with van der Waals surface area (Å²) in [6, 6.07) is 12.7. The highest BCUT2D eigenvalue weighted by atomic mass is 16.5. The molecule has 4 rings (SSSR count). The molecule has 1 N–H and O–H groups in total. The minimum atomic E-state index is -0.170. The van der Waals surface area contributed by atoms with E-state index in [9.17, 15) is 9.59 Å². The van der Waals surface area contributed by atoms with Gasteiger partial charge in [-0.3, -0.25) is 9.59 Å². The molecular weight excluding hydrogens is 330 g/mol. The highest BCUT2D eigenvalue weighted by Crippen LogP contribution is 2.28. The molecule has 3 aromatic rings. The molecule has 26 heavy (non-hydrogen) atoms. The van der Waals surface area contributed by atoms with Gasteiger partial charge in [0, 0.05) is 29.1 Å². The van der Waals surface area contributed by atoms with Crippen LogP contribution in [0.1, 0.15) is 41.4 Å². The van der Waals surface area contributed by atoms with Crippen LogP contribution in [0.25, 0.3) is 11.0 Å². The molecular formula is C21H19NO4. The number of carbonyl (C=O) groups excluding carboxylic acids is 2. The van der Waals surface area contributed by atoms with Crippen molar-refractivity contribution in [3.05, 3.63) is 59.4 Å². The highest BCUT2D eigenvalue weighted by Gasteiger charge is 2.19. The van der Waals surface area contributed by atoms with Crippen molar-refractivity contribution in [2.24, 2.45) is 0 Å². The molecule has 0 bridgehead atoms. The van der Waals surface area contributed by atoms with Crippen LogP contribution in [0.2, 0.25) is 0 Å². The fraction of sp³-hybridized carbons (Fsp3) is 0.238. The summed E-state index contributed by atoms with van der Waals surface area (Å²) in [5, 5.41) is 3.69. The number of nitrogens with one attached hydrogen (secondary N) is 1. The van der Waals surface area contributed by atoms with Crippen LogP contribution in [-0.4, -0.2) is 18.3 Å². The van der Waals surface area contributed by atoms with Gasteiger partial charge in [0.15, 0.2) is 5.76 Å². The maximum absolute atomic E-state index is 12.8. The molecule has 2 aromatic carbocycles. The lowest BCUT2D eigenvalue weighted by Crippen LogP contribution is -2.19. The summed E-state index contributed by atoms with van der Waals surface area (Å²) in [4.78, 5) is 24.3. The van der Waals surface area contributed by atoms with Crippen LogP contribution < -0.4 is 10.1 Å². The molecule has 5 nitrogen and oxygen atoms in total. The second-order valence-corrected chi connectivity index (χ2v) is 6.41. The lowest BCUT2D eigenvalue weighted by atomic mass is 9.98. The van der Waals surface area contributed by atoms with E-state index >= 15 is 0 Å². The maximum atomic E-state index is 12.8. The number of carbonyl (C=O) groups is 2. The van der Waals surface area contributed by atoms with Crippen LogP contribution in [-0.2, 0) is 11.2 Å². The monoisotopic (exact) mass is 349 g/mol. The molecule has 1 aliphatic rings. The van der Waals surface area contributed by atoms with Crippen molar-refractivity contribution in [1.29, 1.82) is 0 Å². The van der Waals surface area contributed by atoms with Gasteiger partial charge < -0.3 is 14.5 Å². The van der Waals surface area contributed by atoms with Crippen molar-refractivity contribution < 1.29 is 18.7 Å². The number of ketones is 1. The molecule has 2 heterocycles. The number of hydrogen-bond acceptors (Lipinski definition) is 4. The van der Waals surface area contributed by atoms with E-state index in [1.54, 1.807) is 18.2 Å². The van der Waals surface area contributed by atoms with Crippen molar-refractivity contribution >= 4 is 28.3 Å². The lowest BCUT2D eigenvalue weighted by molar-refractivity contribution is -0.116. The molecule has 0 fully saturated rings. The van der Waals surface area contributed by atoms with Crippen molar-refractivity contribution in [2.45, 2.75) is 26.2 Å². The van der Waals surface area contributed by atoms with E-state index in [1.165, 1.54) is 0 Å². The molecule has 0 saturated carbocycles. The van der Waals surface area contributed by atoms with Gasteiger partial charge in [0.2, 0.25) is 11.7 Å². The number of rotatable bonds is 5. The highest BCUT2D eigenvalue weighted by molar-refractivity contribution is 6.09. The van der Waals surface area contributed by atoms with Gasteiger partial charge >= 0.3 is 0 Å². The number of hydrogen-bond donors (Lipinski definition) is 1. The van der Waals surface area contributed by atoms with Crippen molar-refractivity contribution in [3.63, 3.8) is 0 Å². The smallest absolute Gasteiger partial charge is 0.228 e. The van der Waals surface area contributed by atoms with Gasteiger partial charge in [0.05, 0.1) is 6.61 Å². The number of fused-ring (bicyclic) bond motifs is 2. The van der Waals surface area contributed by atoms with Crippen molar-refractivity contribution in [3.8, 4) is 5.75 Å². The first-order chi connectivity index (χ1) is 12.6. The summed E-state index contributed by atoms with van der Waals surface area (Å²) in [6.45, 7) is 2.69. The summed E-state index contributed by atoms with van der Waals surface area (Å²) < 4.78 is 11.4. The van der Waals surface area contributed by atoms with Gasteiger partial charge in [-0.05, 0) is 54.8 Å². The van der Waals surface area contributed by atoms with Gasteiger partial charge in [0.25, 0.3) is 0 Å². The first-order valence-electron chi connectivity index (χ1n) is 8.78. The number of ether oxygens (including phenoxy) is 1. The van der Waals surface area contributed by atoms with Gasteiger partial charge in [-0.2, -0.15) is 0 Å². The Morgan fingerprint density at radius 3 is 2.88 bits per heavy atom. The third-order valence-electron chi connectivity index (χ3n) is 4.45. The first-order valence-corrected chi connectivity index (χ1v) is 8.78. The largest absolute Gasteiger partial charge is 0.493 e. The van der Waals surface area contributed by atoms with Crippen LogP contribution in [0.15, 0.2) is 46.9 Å². The SMILES string of the molecule is CCCOc1ccc2cc(C(=O)c3ccc4c(c3)CCC(=O)N4)oc2c1. The van der Waals surface area contributed by atoms with Gasteiger partial charge in [-0.1, -0.05) is 6.92 Å². The third-order valence-corrected chi connectivity index (χ3v) is 4.45. The minimum Gasteiger partial charge on any atom is -0.493 e. The third kappa shape index (κ3) is 3.08. The Kier molecular flexibility index (Phi) is 4.21.